The van der Waals surface area contributed by atoms with E-state index in [1.807, 2.05) is 24.4 Å². The average molecular weight is 479 g/mol. The van der Waals surface area contributed by atoms with Crippen LogP contribution in [0, 0.1) is 0 Å². The summed E-state index contributed by atoms with van der Waals surface area (Å²) in [5.74, 6) is 1.10. The molecule has 0 aliphatic heterocycles. The number of hydrogen-bond donors (Lipinski definition) is 0. The van der Waals surface area contributed by atoms with Crippen molar-refractivity contribution in [1.29, 1.82) is 0 Å². The van der Waals surface area contributed by atoms with Gasteiger partial charge < -0.3 is 9.15 Å². The predicted octanol–water partition coefficient (Wildman–Crippen LogP) is 7.40. The number of unbranched alkanes of at least 4 members (excludes halogenated alkanes) is 1. The van der Waals surface area contributed by atoms with Crippen molar-refractivity contribution in [3.63, 3.8) is 0 Å². The van der Waals surface area contributed by atoms with Crippen molar-refractivity contribution >= 4 is 12.2 Å². The first-order valence-corrected chi connectivity index (χ1v) is 11.4. The van der Waals surface area contributed by atoms with Gasteiger partial charge in [-0.25, -0.2) is 4.98 Å². The second-order valence-corrected chi connectivity index (χ2v) is 8.13. The molecule has 2 aromatic heterocycles. The fourth-order valence-corrected chi connectivity index (χ4v) is 3.53. The molecule has 7 heteroatoms. The molecule has 0 atom stereocenters. The number of rotatable bonds is 10. The van der Waals surface area contributed by atoms with Gasteiger partial charge in [0.1, 0.15) is 24.3 Å². The predicted molar refractivity (Wildman–Crippen MR) is 129 cm³/mol. The van der Waals surface area contributed by atoms with Crippen molar-refractivity contribution in [2.75, 3.05) is 0 Å². The van der Waals surface area contributed by atoms with Gasteiger partial charge in [-0.3, -0.25) is 4.98 Å². The molecule has 2 aromatic carbocycles. The average Bonchev–Trinajstić information content (AvgIpc) is 3.33. The zero-order valence-corrected chi connectivity index (χ0v) is 19.0. The van der Waals surface area contributed by atoms with Crippen molar-refractivity contribution in [3.8, 4) is 5.75 Å². The Bertz CT molecular complexity index is 1220. The van der Waals surface area contributed by atoms with Crippen molar-refractivity contribution in [3.05, 3.63) is 113 Å². The Morgan fingerprint density at radius 2 is 1.60 bits per heavy atom. The number of hydrogen-bond acceptors (Lipinski definition) is 4. The van der Waals surface area contributed by atoms with Crippen molar-refractivity contribution < 1.29 is 22.3 Å². The van der Waals surface area contributed by atoms with Gasteiger partial charge in [-0.05, 0) is 78.8 Å². The number of ether oxygens (including phenoxy) is 1. The molecular weight excluding hydrogens is 453 g/mol. The number of alkyl halides is 3. The maximum atomic E-state index is 12.6. The van der Waals surface area contributed by atoms with Crippen LogP contribution in [0.3, 0.4) is 0 Å². The molecule has 0 N–H and O–H groups in total. The third kappa shape index (κ3) is 7.57. The monoisotopic (exact) mass is 478 g/mol. The molecule has 0 amide bonds. The Morgan fingerprint density at radius 1 is 0.857 bits per heavy atom. The number of nitrogens with zero attached hydrogens (tertiary/aromatic N) is 2. The lowest BCUT2D eigenvalue weighted by atomic mass is 10.0. The van der Waals surface area contributed by atoms with E-state index in [4.69, 9.17) is 9.15 Å². The van der Waals surface area contributed by atoms with Crippen LogP contribution in [0.2, 0.25) is 0 Å². The molecule has 0 aliphatic carbocycles. The van der Waals surface area contributed by atoms with Gasteiger partial charge in [0.15, 0.2) is 0 Å². The van der Waals surface area contributed by atoms with Crippen LogP contribution >= 0.6 is 0 Å². The third-order valence-electron chi connectivity index (χ3n) is 5.44. The molecule has 0 saturated heterocycles. The van der Waals surface area contributed by atoms with E-state index in [1.165, 1.54) is 29.5 Å². The SMILES string of the molecule is FC(F)(F)c1ccc(/C=C/c2nc(COc3ccc(CCCCc4cccnc4)cc3)co2)cc1. The quantitative estimate of drug-likeness (QED) is 0.223. The van der Waals surface area contributed by atoms with Gasteiger partial charge in [0.05, 0.1) is 5.56 Å². The molecule has 35 heavy (non-hydrogen) atoms. The molecule has 0 spiro atoms. The zero-order valence-electron chi connectivity index (χ0n) is 19.0. The largest absolute Gasteiger partial charge is 0.487 e. The number of aryl methyl sites for hydroxylation is 2. The summed E-state index contributed by atoms with van der Waals surface area (Å²) in [7, 11) is 0. The minimum Gasteiger partial charge on any atom is -0.487 e. The van der Waals surface area contributed by atoms with Crippen LogP contribution in [0.15, 0.2) is 83.7 Å². The standard InChI is InChI=1S/C28H25F3N2O2/c29-28(30,31)24-12-7-22(8-13-24)11-16-27-33-25(20-35-27)19-34-26-14-9-21(10-15-26)4-1-2-5-23-6-3-17-32-18-23/h3,6-18,20H,1-2,4-5,19H2/b16-11+. The summed E-state index contributed by atoms with van der Waals surface area (Å²) in [5.41, 5.74) is 3.09. The van der Waals surface area contributed by atoms with Gasteiger partial charge in [-0.1, -0.05) is 30.3 Å². The summed E-state index contributed by atoms with van der Waals surface area (Å²) < 4.78 is 49.1. The summed E-state index contributed by atoms with van der Waals surface area (Å²) in [4.78, 5) is 8.47. The highest BCUT2D eigenvalue weighted by Gasteiger charge is 2.29. The first kappa shape index (κ1) is 24.3. The van der Waals surface area contributed by atoms with Gasteiger partial charge in [-0.2, -0.15) is 13.2 Å². The van der Waals surface area contributed by atoms with E-state index >= 15 is 0 Å². The van der Waals surface area contributed by atoms with Gasteiger partial charge in [-0.15, -0.1) is 0 Å². The van der Waals surface area contributed by atoms with Crippen molar-refractivity contribution in [2.45, 2.75) is 38.5 Å². The fraction of sp³-hybridized carbons (Fsp3) is 0.214. The lowest BCUT2D eigenvalue weighted by Crippen LogP contribution is -2.03. The molecule has 0 fully saturated rings. The van der Waals surface area contributed by atoms with Gasteiger partial charge >= 0.3 is 6.18 Å². The minimum absolute atomic E-state index is 0.252. The van der Waals surface area contributed by atoms with E-state index in [0.717, 1.165) is 43.6 Å². The second kappa shape index (κ2) is 11.5. The Morgan fingerprint density at radius 3 is 2.29 bits per heavy atom. The lowest BCUT2D eigenvalue weighted by Gasteiger charge is -2.06. The Labute approximate surface area is 202 Å². The topological polar surface area (TPSA) is 48.2 Å². The molecular formula is C28H25F3N2O2. The summed E-state index contributed by atoms with van der Waals surface area (Å²) in [5, 5.41) is 0. The van der Waals surface area contributed by atoms with Crippen LogP contribution in [0.5, 0.6) is 5.75 Å². The molecule has 0 saturated carbocycles. The number of benzene rings is 2. The minimum atomic E-state index is -4.35. The summed E-state index contributed by atoms with van der Waals surface area (Å²) in [6.45, 7) is 0.252. The second-order valence-electron chi connectivity index (χ2n) is 8.13. The zero-order chi connectivity index (χ0) is 24.5. The van der Waals surface area contributed by atoms with Crippen molar-refractivity contribution in [2.24, 2.45) is 0 Å². The van der Waals surface area contributed by atoms with Crippen LogP contribution in [0.1, 0.15) is 46.7 Å². The van der Waals surface area contributed by atoms with E-state index in [-0.39, 0.29) is 6.61 Å². The lowest BCUT2D eigenvalue weighted by molar-refractivity contribution is -0.137. The number of aromatic nitrogens is 2. The maximum absolute atomic E-state index is 12.6. The van der Waals surface area contributed by atoms with E-state index in [2.05, 4.69) is 28.2 Å². The number of oxazole rings is 1. The van der Waals surface area contributed by atoms with E-state index < -0.39 is 11.7 Å². The molecule has 2 heterocycles. The highest BCUT2D eigenvalue weighted by atomic mass is 19.4. The van der Waals surface area contributed by atoms with Crippen LogP contribution in [0.4, 0.5) is 13.2 Å². The maximum Gasteiger partial charge on any atom is 0.416 e. The summed E-state index contributed by atoms with van der Waals surface area (Å²) in [6, 6.07) is 17.0. The molecule has 4 nitrogen and oxygen atoms in total. The summed E-state index contributed by atoms with van der Waals surface area (Å²) in [6.07, 6.45) is 8.39. The molecule has 0 aliphatic rings. The third-order valence-corrected chi connectivity index (χ3v) is 5.44. The smallest absolute Gasteiger partial charge is 0.416 e. The first-order chi connectivity index (χ1) is 17.0. The number of halogens is 3. The first-order valence-electron chi connectivity index (χ1n) is 11.4. The normalized spacial score (nSPS) is 11.7. The van der Waals surface area contributed by atoms with Crippen LogP contribution in [-0.4, -0.2) is 9.97 Å². The highest BCUT2D eigenvalue weighted by Crippen LogP contribution is 2.29. The van der Waals surface area contributed by atoms with Gasteiger partial charge in [0.2, 0.25) is 5.89 Å². The molecule has 4 rings (SSSR count). The van der Waals surface area contributed by atoms with Crippen molar-refractivity contribution in [1.82, 2.24) is 9.97 Å². The van der Waals surface area contributed by atoms with Gasteiger partial charge in [0.25, 0.3) is 0 Å². The van der Waals surface area contributed by atoms with E-state index in [9.17, 15) is 13.2 Å². The summed E-state index contributed by atoms with van der Waals surface area (Å²) >= 11 is 0. The Hall–Kier alpha value is -3.87. The molecule has 4 aromatic rings. The molecule has 0 radical (unpaired) electrons. The Balaban J connectivity index is 1.21. The highest BCUT2D eigenvalue weighted by molar-refractivity contribution is 5.66. The van der Waals surface area contributed by atoms with Crippen LogP contribution in [0.25, 0.3) is 12.2 Å². The van der Waals surface area contributed by atoms with Crippen LogP contribution < -0.4 is 4.74 Å². The molecule has 0 bridgehead atoms. The Kier molecular flexibility index (Phi) is 7.98. The van der Waals surface area contributed by atoms with E-state index in [0.29, 0.717) is 17.1 Å². The van der Waals surface area contributed by atoms with Gasteiger partial charge in [0, 0.05) is 18.5 Å². The molecule has 180 valence electrons. The van der Waals surface area contributed by atoms with E-state index in [1.54, 1.807) is 18.3 Å². The number of pyridine rings is 1. The molecule has 0 unspecified atom stereocenters. The van der Waals surface area contributed by atoms with Crippen LogP contribution in [-0.2, 0) is 25.6 Å². The fourth-order valence-electron chi connectivity index (χ4n) is 3.53.